The number of aromatic nitrogens is 2. The van der Waals surface area contributed by atoms with E-state index in [-0.39, 0.29) is 5.78 Å². The van der Waals surface area contributed by atoms with E-state index >= 15 is 0 Å². The van der Waals surface area contributed by atoms with Crippen molar-refractivity contribution >= 4 is 23.4 Å². The van der Waals surface area contributed by atoms with Crippen LogP contribution in [0, 0.1) is 0 Å². The molecule has 1 aliphatic rings. The molecule has 0 atom stereocenters. The summed E-state index contributed by atoms with van der Waals surface area (Å²) in [6, 6.07) is 0.456. The van der Waals surface area contributed by atoms with E-state index in [2.05, 4.69) is 15.3 Å². The summed E-state index contributed by atoms with van der Waals surface area (Å²) in [5, 5.41) is 4.08. The number of carbonyl (C=O) groups is 1. The first kappa shape index (κ1) is 12.4. The maximum Gasteiger partial charge on any atom is 0.189 e. The van der Waals surface area contributed by atoms with Crippen LogP contribution < -0.4 is 5.32 Å². The minimum Gasteiger partial charge on any atom is -0.367 e. The van der Waals surface area contributed by atoms with Crippen molar-refractivity contribution in [1.82, 2.24) is 9.97 Å². The number of nitrogens with one attached hydrogen (secondary N) is 1. The molecule has 17 heavy (non-hydrogen) atoms. The average Bonchev–Trinajstić information content (AvgIpc) is 2.81. The maximum absolute atomic E-state index is 11.5. The van der Waals surface area contributed by atoms with Gasteiger partial charge in [0.25, 0.3) is 0 Å². The summed E-state index contributed by atoms with van der Waals surface area (Å²) >= 11 is 1.49. The van der Waals surface area contributed by atoms with Crippen LogP contribution in [0.3, 0.4) is 0 Å². The molecular formula is C12H17N3OS. The summed E-state index contributed by atoms with van der Waals surface area (Å²) in [7, 11) is 0. The molecule has 1 aliphatic carbocycles. The van der Waals surface area contributed by atoms with Crippen molar-refractivity contribution in [1.29, 1.82) is 0 Å². The second-order valence-electron chi connectivity index (χ2n) is 4.30. The predicted octanol–water partition coefficient (Wildman–Crippen LogP) is 2.76. The number of ketones is 1. The Morgan fingerprint density at radius 1 is 1.47 bits per heavy atom. The van der Waals surface area contributed by atoms with Crippen molar-refractivity contribution in [3.05, 3.63) is 11.8 Å². The van der Waals surface area contributed by atoms with Gasteiger partial charge in [0.2, 0.25) is 0 Å². The quantitative estimate of drug-likeness (QED) is 0.506. The van der Waals surface area contributed by atoms with Gasteiger partial charge in [-0.25, -0.2) is 9.97 Å². The first-order valence-corrected chi connectivity index (χ1v) is 7.11. The zero-order valence-corrected chi connectivity index (χ0v) is 11.0. The van der Waals surface area contributed by atoms with E-state index in [1.165, 1.54) is 24.6 Å². The highest BCUT2D eigenvalue weighted by Gasteiger charge is 2.18. The van der Waals surface area contributed by atoms with Crippen molar-refractivity contribution in [2.45, 2.75) is 43.8 Å². The molecule has 0 amide bonds. The summed E-state index contributed by atoms with van der Waals surface area (Å²) < 4.78 is 0. The Hall–Kier alpha value is -1.10. The lowest BCUT2D eigenvalue weighted by atomic mass is 10.2. The van der Waals surface area contributed by atoms with Crippen molar-refractivity contribution in [3.63, 3.8) is 0 Å². The molecule has 0 saturated heterocycles. The van der Waals surface area contributed by atoms with E-state index in [0.29, 0.717) is 22.6 Å². The van der Waals surface area contributed by atoms with Crippen LogP contribution in [0.25, 0.3) is 0 Å². The maximum atomic E-state index is 11.5. The molecule has 1 fully saturated rings. The summed E-state index contributed by atoms with van der Waals surface area (Å²) in [6.07, 6.45) is 8.40. The van der Waals surface area contributed by atoms with Gasteiger partial charge in [-0.2, -0.15) is 0 Å². The highest BCUT2D eigenvalue weighted by Crippen LogP contribution is 2.24. The Balaban J connectivity index is 2.24. The number of hydrogen-bond donors (Lipinski definition) is 1. The van der Waals surface area contributed by atoms with E-state index < -0.39 is 0 Å². The van der Waals surface area contributed by atoms with Crippen molar-refractivity contribution in [2.24, 2.45) is 0 Å². The monoisotopic (exact) mass is 251 g/mol. The van der Waals surface area contributed by atoms with Crippen molar-refractivity contribution in [2.75, 3.05) is 11.6 Å². The SMILES string of the molecule is CSc1ncc(C(C)=O)c(NC2CCCC2)n1. The van der Waals surface area contributed by atoms with Crippen LogP contribution in [0.4, 0.5) is 5.82 Å². The Kier molecular flexibility index (Phi) is 3.99. The normalized spacial score (nSPS) is 16.1. The second-order valence-corrected chi connectivity index (χ2v) is 5.07. The molecule has 0 bridgehead atoms. The molecule has 0 spiro atoms. The van der Waals surface area contributed by atoms with Crippen molar-refractivity contribution in [3.8, 4) is 0 Å². The zero-order valence-electron chi connectivity index (χ0n) is 10.2. The molecule has 1 aromatic rings. The summed E-state index contributed by atoms with van der Waals surface area (Å²) in [5.74, 6) is 0.710. The van der Waals surface area contributed by atoms with Gasteiger partial charge in [-0.05, 0) is 26.0 Å². The van der Waals surface area contributed by atoms with Gasteiger partial charge in [-0.3, -0.25) is 4.79 Å². The van der Waals surface area contributed by atoms with E-state index in [1.54, 1.807) is 13.1 Å². The van der Waals surface area contributed by atoms with E-state index in [4.69, 9.17) is 0 Å². The van der Waals surface area contributed by atoms with Crippen LogP contribution in [-0.2, 0) is 0 Å². The van der Waals surface area contributed by atoms with Crippen LogP contribution in [0.1, 0.15) is 43.0 Å². The zero-order chi connectivity index (χ0) is 12.3. The summed E-state index contributed by atoms with van der Waals surface area (Å²) in [5.41, 5.74) is 0.592. The van der Waals surface area contributed by atoms with Gasteiger partial charge in [0.1, 0.15) is 5.82 Å². The number of anilines is 1. The molecule has 1 saturated carbocycles. The molecule has 0 aromatic carbocycles. The number of Topliss-reactive ketones (excluding diaryl/α,β-unsaturated/α-hetero) is 1. The summed E-state index contributed by atoms with van der Waals surface area (Å²) in [4.78, 5) is 20.1. The van der Waals surface area contributed by atoms with Gasteiger partial charge >= 0.3 is 0 Å². The molecule has 1 N–H and O–H groups in total. The fraction of sp³-hybridized carbons (Fsp3) is 0.583. The molecule has 1 heterocycles. The van der Waals surface area contributed by atoms with Crippen LogP contribution in [0.5, 0.6) is 0 Å². The topological polar surface area (TPSA) is 54.9 Å². The van der Waals surface area contributed by atoms with Crippen LogP contribution in [0.2, 0.25) is 0 Å². The van der Waals surface area contributed by atoms with Gasteiger partial charge in [-0.1, -0.05) is 24.6 Å². The van der Waals surface area contributed by atoms with E-state index in [1.807, 2.05) is 6.26 Å². The minimum atomic E-state index is 0.0122. The van der Waals surface area contributed by atoms with Crippen LogP contribution >= 0.6 is 11.8 Å². The highest BCUT2D eigenvalue weighted by atomic mass is 32.2. The van der Waals surface area contributed by atoms with Gasteiger partial charge in [0.15, 0.2) is 10.9 Å². The standard InChI is InChI=1S/C12H17N3OS/c1-8(16)10-7-13-12(17-2)15-11(10)14-9-5-3-4-6-9/h7,9H,3-6H2,1-2H3,(H,13,14,15). The lowest BCUT2D eigenvalue weighted by Gasteiger charge is -2.15. The molecule has 92 valence electrons. The third-order valence-electron chi connectivity index (χ3n) is 3.02. The largest absolute Gasteiger partial charge is 0.367 e. The predicted molar refractivity (Wildman–Crippen MR) is 69.7 cm³/mol. The first-order valence-electron chi connectivity index (χ1n) is 5.89. The molecule has 4 nitrogen and oxygen atoms in total. The Morgan fingerprint density at radius 3 is 2.76 bits per heavy atom. The molecule has 0 unspecified atom stereocenters. The Bertz CT molecular complexity index is 416. The second kappa shape index (κ2) is 5.49. The average molecular weight is 251 g/mol. The molecule has 5 heteroatoms. The third kappa shape index (κ3) is 2.97. The number of rotatable bonds is 4. The lowest BCUT2D eigenvalue weighted by molar-refractivity contribution is 0.101. The van der Waals surface area contributed by atoms with E-state index in [9.17, 15) is 4.79 Å². The van der Waals surface area contributed by atoms with Crippen LogP contribution in [-0.4, -0.2) is 28.0 Å². The van der Waals surface area contributed by atoms with Crippen LogP contribution in [0.15, 0.2) is 11.4 Å². The first-order chi connectivity index (χ1) is 8.20. The fourth-order valence-electron chi connectivity index (χ4n) is 2.10. The smallest absolute Gasteiger partial charge is 0.189 e. The molecule has 1 aromatic heterocycles. The number of thioether (sulfide) groups is 1. The van der Waals surface area contributed by atoms with Gasteiger partial charge in [-0.15, -0.1) is 0 Å². The fourth-order valence-corrected chi connectivity index (χ4v) is 2.44. The number of nitrogens with zero attached hydrogens (tertiary/aromatic N) is 2. The minimum absolute atomic E-state index is 0.0122. The summed E-state index contributed by atoms with van der Waals surface area (Å²) in [6.45, 7) is 1.55. The Labute approximate surface area is 106 Å². The third-order valence-corrected chi connectivity index (χ3v) is 3.59. The van der Waals surface area contributed by atoms with Crippen molar-refractivity contribution < 1.29 is 4.79 Å². The lowest BCUT2D eigenvalue weighted by Crippen LogP contribution is -2.18. The molecule has 0 aliphatic heterocycles. The molecule has 2 rings (SSSR count). The molecule has 0 radical (unpaired) electrons. The Morgan fingerprint density at radius 2 is 2.18 bits per heavy atom. The molecular weight excluding hydrogens is 234 g/mol. The highest BCUT2D eigenvalue weighted by molar-refractivity contribution is 7.98. The van der Waals surface area contributed by atoms with E-state index in [0.717, 1.165) is 12.8 Å². The number of carbonyl (C=O) groups excluding carboxylic acids is 1. The van der Waals surface area contributed by atoms with Gasteiger partial charge < -0.3 is 5.32 Å². The van der Waals surface area contributed by atoms with Gasteiger partial charge in [0, 0.05) is 12.2 Å². The van der Waals surface area contributed by atoms with Gasteiger partial charge in [0.05, 0.1) is 5.56 Å². The number of hydrogen-bond acceptors (Lipinski definition) is 5.